The standard InChI is InChI=1S/C18H26N2O2.ClH/c21-18(15-10-11-19-13-15)20-12-14-6-8-17(9-7-14)22-16-4-2-1-3-5-16;/h6-9,15-16,19H,1-5,10-13H2,(H,20,21);1H. The molecule has 23 heavy (non-hydrogen) atoms. The molecule has 1 aliphatic heterocycles. The summed E-state index contributed by atoms with van der Waals surface area (Å²) in [6.45, 7) is 2.35. The molecule has 0 aromatic heterocycles. The number of rotatable bonds is 5. The number of nitrogens with one attached hydrogen (secondary N) is 2. The smallest absolute Gasteiger partial charge is 0.224 e. The van der Waals surface area contributed by atoms with Crippen molar-refractivity contribution in [3.63, 3.8) is 0 Å². The first-order chi connectivity index (χ1) is 10.8. The van der Waals surface area contributed by atoms with Gasteiger partial charge in [0.05, 0.1) is 12.0 Å². The van der Waals surface area contributed by atoms with Crippen molar-refractivity contribution in [3.05, 3.63) is 29.8 Å². The molecule has 1 atom stereocenters. The highest BCUT2D eigenvalue weighted by molar-refractivity contribution is 5.85. The van der Waals surface area contributed by atoms with Gasteiger partial charge in [-0.05, 0) is 56.3 Å². The zero-order valence-electron chi connectivity index (χ0n) is 13.6. The van der Waals surface area contributed by atoms with Crippen LogP contribution in [0.15, 0.2) is 24.3 Å². The minimum absolute atomic E-state index is 0. The number of carbonyl (C=O) groups excluding carboxylic acids is 1. The summed E-state index contributed by atoms with van der Waals surface area (Å²) >= 11 is 0. The Labute approximate surface area is 144 Å². The SMILES string of the molecule is Cl.O=C(NCc1ccc(OC2CCCCC2)cc1)C1CCNC1. The predicted molar refractivity (Wildman–Crippen MR) is 94.0 cm³/mol. The topological polar surface area (TPSA) is 50.4 Å². The third kappa shape index (κ3) is 5.40. The Morgan fingerprint density at radius 2 is 1.87 bits per heavy atom. The highest BCUT2D eigenvalue weighted by Gasteiger charge is 2.21. The largest absolute Gasteiger partial charge is 0.490 e. The molecule has 1 amide bonds. The molecule has 2 N–H and O–H groups in total. The maximum Gasteiger partial charge on any atom is 0.224 e. The Balaban J connectivity index is 0.00000192. The lowest BCUT2D eigenvalue weighted by atomic mass is 9.98. The van der Waals surface area contributed by atoms with Crippen LogP contribution in [0.5, 0.6) is 5.75 Å². The number of hydrogen-bond acceptors (Lipinski definition) is 3. The highest BCUT2D eigenvalue weighted by Crippen LogP contribution is 2.23. The third-order valence-corrected chi connectivity index (χ3v) is 4.68. The molecule has 0 spiro atoms. The van der Waals surface area contributed by atoms with Crippen molar-refractivity contribution < 1.29 is 9.53 Å². The van der Waals surface area contributed by atoms with Crippen molar-refractivity contribution in [2.75, 3.05) is 13.1 Å². The van der Waals surface area contributed by atoms with Crippen molar-refractivity contribution in [3.8, 4) is 5.75 Å². The quantitative estimate of drug-likeness (QED) is 0.867. The van der Waals surface area contributed by atoms with Crippen LogP contribution >= 0.6 is 12.4 Å². The summed E-state index contributed by atoms with van der Waals surface area (Å²) in [7, 11) is 0. The molecule has 2 fully saturated rings. The highest BCUT2D eigenvalue weighted by atomic mass is 35.5. The van der Waals surface area contributed by atoms with E-state index in [-0.39, 0.29) is 24.2 Å². The Morgan fingerprint density at radius 3 is 2.52 bits per heavy atom. The van der Waals surface area contributed by atoms with Gasteiger partial charge in [-0.3, -0.25) is 4.79 Å². The van der Waals surface area contributed by atoms with E-state index in [2.05, 4.69) is 10.6 Å². The van der Waals surface area contributed by atoms with Gasteiger partial charge in [-0.25, -0.2) is 0 Å². The molecule has 1 aromatic carbocycles. The van der Waals surface area contributed by atoms with Gasteiger partial charge in [0.15, 0.2) is 0 Å². The summed E-state index contributed by atoms with van der Waals surface area (Å²) in [6, 6.07) is 8.14. The van der Waals surface area contributed by atoms with Crippen LogP contribution in [-0.2, 0) is 11.3 Å². The molecular formula is C18H27ClN2O2. The van der Waals surface area contributed by atoms with E-state index in [1.165, 1.54) is 32.1 Å². The average molecular weight is 339 g/mol. The summed E-state index contributed by atoms with van der Waals surface area (Å²) in [5.74, 6) is 1.24. The maximum atomic E-state index is 12.0. The number of halogens is 1. The van der Waals surface area contributed by atoms with Crippen molar-refractivity contribution in [1.82, 2.24) is 10.6 Å². The van der Waals surface area contributed by atoms with Crippen LogP contribution in [0.2, 0.25) is 0 Å². The summed E-state index contributed by atoms with van der Waals surface area (Å²) < 4.78 is 6.02. The van der Waals surface area contributed by atoms with Gasteiger partial charge in [0.2, 0.25) is 5.91 Å². The van der Waals surface area contributed by atoms with Crippen LogP contribution in [-0.4, -0.2) is 25.1 Å². The van der Waals surface area contributed by atoms with Gasteiger partial charge in [0.25, 0.3) is 0 Å². The minimum atomic E-state index is 0. The molecule has 3 rings (SSSR count). The van der Waals surface area contributed by atoms with Gasteiger partial charge >= 0.3 is 0 Å². The minimum Gasteiger partial charge on any atom is -0.490 e. The third-order valence-electron chi connectivity index (χ3n) is 4.68. The van der Waals surface area contributed by atoms with Crippen LogP contribution in [0.4, 0.5) is 0 Å². The molecule has 0 bridgehead atoms. The lowest BCUT2D eigenvalue weighted by Crippen LogP contribution is -2.31. The summed E-state index contributed by atoms with van der Waals surface area (Å²) in [6.07, 6.45) is 7.58. The molecule has 1 aromatic rings. The van der Waals surface area contributed by atoms with Gasteiger partial charge in [0, 0.05) is 13.1 Å². The Bertz CT molecular complexity index is 480. The van der Waals surface area contributed by atoms with Crippen LogP contribution in [0.3, 0.4) is 0 Å². The van der Waals surface area contributed by atoms with Crippen LogP contribution in [0.1, 0.15) is 44.1 Å². The summed E-state index contributed by atoms with van der Waals surface area (Å²) in [5.41, 5.74) is 1.12. The van der Waals surface area contributed by atoms with Crippen molar-refractivity contribution in [2.45, 2.75) is 51.2 Å². The van der Waals surface area contributed by atoms with E-state index in [0.717, 1.165) is 30.8 Å². The molecule has 4 nitrogen and oxygen atoms in total. The fourth-order valence-electron chi connectivity index (χ4n) is 3.27. The summed E-state index contributed by atoms with van der Waals surface area (Å²) in [5, 5.41) is 6.24. The maximum absolute atomic E-state index is 12.0. The van der Waals surface area contributed by atoms with Gasteiger partial charge in [-0.15, -0.1) is 12.4 Å². The van der Waals surface area contributed by atoms with E-state index in [1.807, 2.05) is 24.3 Å². The van der Waals surface area contributed by atoms with Gasteiger partial charge in [-0.1, -0.05) is 18.6 Å². The Morgan fingerprint density at radius 1 is 1.13 bits per heavy atom. The van der Waals surface area contributed by atoms with Crippen molar-refractivity contribution >= 4 is 18.3 Å². The molecule has 1 unspecified atom stereocenters. The van der Waals surface area contributed by atoms with Crippen molar-refractivity contribution in [1.29, 1.82) is 0 Å². The number of hydrogen-bond donors (Lipinski definition) is 2. The fourth-order valence-corrected chi connectivity index (χ4v) is 3.27. The molecular weight excluding hydrogens is 312 g/mol. The first kappa shape index (κ1) is 18.1. The number of carbonyl (C=O) groups is 1. The van der Waals surface area contributed by atoms with E-state index in [9.17, 15) is 4.79 Å². The molecule has 128 valence electrons. The zero-order valence-corrected chi connectivity index (χ0v) is 14.4. The Hall–Kier alpha value is -1.26. The first-order valence-electron chi connectivity index (χ1n) is 8.55. The van der Waals surface area contributed by atoms with E-state index in [0.29, 0.717) is 12.6 Å². The van der Waals surface area contributed by atoms with Gasteiger partial charge in [0.1, 0.15) is 5.75 Å². The van der Waals surface area contributed by atoms with Crippen molar-refractivity contribution in [2.24, 2.45) is 5.92 Å². The van der Waals surface area contributed by atoms with E-state index in [4.69, 9.17) is 4.74 Å². The normalized spacial score (nSPS) is 21.5. The number of benzene rings is 1. The average Bonchev–Trinajstić information content (AvgIpc) is 3.09. The van der Waals surface area contributed by atoms with E-state index >= 15 is 0 Å². The lowest BCUT2D eigenvalue weighted by Gasteiger charge is -2.23. The van der Waals surface area contributed by atoms with Gasteiger partial charge in [-0.2, -0.15) is 0 Å². The Kier molecular flexibility index (Phi) is 7.18. The second-order valence-corrected chi connectivity index (χ2v) is 6.43. The van der Waals surface area contributed by atoms with E-state index < -0.39 is 0 Å². The molecule has 1 saturated heterocycles. The zero-order chi connectivity index (χ0) is 15.2. The van der Waals surface area contributed by atoms with Gasteiger partial charge < -0.3 is 15.4 Å². The molecule has 5 heteroatoms. The molecule has 1 aliphatic carbocycles. The van der Waals surface area contributed by atoms with Crippen LogP contribution in [0.25, 0.3) is 0 Å². The molecule has 2 aliphatic rings. The number of ether oxygens (including phenoxy) is 1. The monoisotopic (exact) mass is 338 g/mol. The molecule has 1 heterocycles. The van der Waals surface area contributed by atoms with E-state index in [1.54, 1.807) is 0 Å². The second-order valence-electron chi connectivity index (χ2n) is 6.43. The lowest BCUT2D eigenvalue weighted by molar-refractivity contribution is -0.124. The second kappa shape index (κ2) is 9.14. The summed E-state index contributed by atoms with van der Waals surface area (Å²) in [4.78, 5) is 12.0. The van der Waals surface area contributed by atoms with Crippen LogP contribution < -0.4 is 15.4 Å². The molecule has 0 radical (unpaired) electrons. The predicted octanol–water partition coefficient (Wildman–Crippen LogP) is 3.05. The first-order valence-corrected chi connectivity index (χ1v) is 8.55. The number of amides is 1. The molecule has 1 saturated carbocycles. The van der Waals surface area contributed by atoms with Crippen LogP contribution in [0, 0.1) is 5.92 Å². The fraction of sp³-hybridized carbons (Fsp3) is 0.611.